The summed E-state index contributed by atoms with van der Waals surface area (Å²) in [5.74, 6) is 2.23. The van der Waals surface area contributed by atoms with Gasteiger partial charge in [0.05, 0.1) is 39.5 Å². The lowest BCUT2D eigenvalue weighted by molar-refractivity contribution is 0.0947. The highest BCUT2D eigenvalue weighted by Gasteiger charge is 2.12. The fourth-order valence-corrected chi connectivity index (χ4v) is 5.42. The van der Waals surface area contributed by atoms with Gasteiger partial charge in [0.15, 0.2) is 0 Å². The SMILES string of the molecule is C=CCOCCOc1cccc2c(OCCNC(=O)c3cccc(C(=O)NCCOc4cccc5c(OCCOCC=C)cccc45)c3)cccc12. The minimum Gasteiger partial charge on any atom is -0.491 e. The van der Waals surface area contributed by atoms with Gasteiger partial charge in [0.1, 0.15) is 49.4 Å². The van der Waals surface area contributed by atoms with Gasteiger partial charge >= 0.3 is 0 Å². The van der Waals surface area contributed by atoms with Gasteiger partial charge in [0.2, 0.25) is 0 Å². The van der Waals surface area contributed by atoms with E-state index >= 15 is 0 Å². The minimum atomic E-state index is -0.308. The van der Waals surface area contributed by atoms with Gasteiger partial charge in [-0.3, -0.25) is 9.59 Å². The van der Waals surface area contributed by atoms with E-state index < -0.39 is 0 Å². The van der Waals surface area contributed by atoms with Crippen LogP contribution in [-0.2, 0) is 9.47 Å². The average Bonchev–Trinajstić information content (AvgIpc) is 3.18. The molecule has 0 unspecified atom stereocenters. The molecule has 0 saturated carbocycles. The molecular weight excluding hydrogens is 660 g/mol. The smallest absolute Gasteiger partial charge is 0.251 e. The molecule has 0 atom stereocenters. The molecule has 0 aliphatic rings. The molecule has 52 heavy (non-hydrogen) atoms. The van der Waals surface area contributed by atoms with E-state index in [0.717, 1.165) is 33.0 Å². The molecule has 0 fully saturated rings. The molecule has 5 aromatic rings. The third kappa shape index (κ3) is 10.6. The maximum atomic E-state index is 12.9. The predicted octanol–water partition coefficient (Wildman–Crippen LogP) is 6.77. The predicted molar refractivity (Wildman–Crippen MR) is 203 cm³/mol. The lowest BCUT2D eigenvalue weighted by Gasteiger charge is -2.14. The van der Waals surface area contributed by atoms with Gasteiger partial charge in [0.25, 0.3) is 11.8 Å². The quantitative estimate of drug-likeness (QED) is 0.0600. The molecule has 5 rings (SSSR count). The van der Waals surface area contributed by atoms with Crippen LogP contribution >= 0.6 is 0 Å². The first-order chi connectivity index (χ1) is 25.6. The van der Waals surface area contributed by atoms with E-state index in [2.05, 4.69) is 23.8 Å². The van der Waals surface area contributed by atoms with Gasteiger partial charge in [-0.05, 0) is 42.5 Å². The van der Waals surface area contributed by atoms with E-state index in [1.54, 1.807) is 36.4 Å². The molecule has 0 spiro atoms. The fraction of sp³-hybridized carbons (Fsp3) is 0.238. The van der Waals surface area contributed by atoms with Crippen LogP contribution in [0, 0.1) is 0 Å². The molecule has 0 aliphatic carbocycles. The van der Waals surface area contributed by atoms with Crippen molar-refractivity contribution in [3.63, 3.8) is 0 Å². The first kappa shape index (κ1) is 37.4. The highest BCUT2D eigenvalue weighted by Crippen LogP contribution is 2.33. The van der Waals surface area contributed by atoms with Crippen LogP contribution in [0.3, 0.4) is 0 Å². The normalized spacial score (nSPS) is 10.8. The molecular formula is C42H44N2O8. The van der Waals surface area contributed by atoms with Crippen LogP contribution in [0.2, 0.25) is 0 Å². The van der Waals surface area contributed by atoms with Gasteiger partial charge < -0.3 is 39.1 Å². The van der Waals surface area contributed by atoms with Gasteiger partial charge in [-0.15, -0.1) is 13.2 Å². The lowest BCUT2D eigenvalue weighted by Crippen LogP contribution is -2.30. The highest BCUT2D eigenvalue weighted by molar-refractivity contribution is 5.99. The second kappa shape index (κ2) is 20.1. The number of carbonyl (C=O) groups excluding carboxylic acids is 2. The topological polar surface area (TPSA) is 114 Å². The Morgan fingerprint density at radius 3 is 1.19 bits per heavy atom. The first-order valence-corrected chi connectivity index (χ1v) is 17.2. The molecule has 0 aromatic heterocycles. The number of rotatable bonds is 22. The second-order valence-electron chi connectivity index (χ2n) is 11.4. The number of benzene rings is 5. The number of amides is 2. The number of hydrogen-bond acceptors (Lipinski definition) is 8. The zero-order chi connectivity index (χ0) is 36.4. The Labute approximate surface area is 303 Å². The zero-order valence-corrected chi connectivity index (χ0v) is 29.1. The van der Waals surface area contributed by atoms with Crippen molar-refractivity contribution in [1.82, 2.24) is 10.6 Å². The Bertz CT molecular complexity index is 1820. The summed E-state index contributed by atoms with van der Waals surface area (Å²) in [5, 5.41) is 9.38. The number of nitrogens with one attached hydrogen (secondary N) is 2. The molecule has 0 bridgehead atoms. The van der Waals surface area contributed by atoms with E-state index in [0.29, 0.717) is 62.3 Å². The molecule has 0 radical (unpaired) electrons. The Morgan fingerprint density at radius 1 is 0.481 bits per heavy atom. The summed E-state index contributed by atoms with van der Waals surface area (Å²) >= 11 is 0. The fourth-order valence-electron chi connectivity index (χ4n) is 5.42. The molecule has 0 heterocycles. The van der Waals surface area contributed by atoms with Crippen molar-refractivity contribution in [2.24, 2.45) is 0 Å². The maximum Gasteiger partial charge on any atom is 0.251 e. The molecule has 2 N–H and O–H groups in total. The van der Waals surface area contributed by atoms with Crippen LogP contribution in [0.5, 0.6) is 23.0 Å². The van der Waals surface area contributed by atoms with Crippen molar-refractivity contribution in [2.45, 2.75) is 0 Å². The van der Waals surface area contributed by atoms with Crippen LogP contribution < -0.4 is 29.6 Å². The molecule has 10 nitrogen and oxygen atoms in total. The standard InChI is InChI=1S/C42H44N2O8/c1-3-22-47-26-28-51-39-18-8-12-33-35(39)14-6-16-37(33)49-24-20-43-41(45)31-10-5-11-32(30-31)42(46)44-21-25-50-38-17-7-15-36-34(38)13-9-19-40(36)52-29-27-48-23-4-2/h3-19,30H,1-2,20-29H2,(H,43,45)(H,44,46). The Balaban J connectivity index is 1.07. The Hall–Kier alpha value is -5.84. The summed E-state index contributed by atoms with van der Waals surface area (Å²) < 4.78 is 34.7. The van der Waals surface area contributed by atoms with Gasteiger partial charge in [-0.25, -0.2) is 0 Å². The third-order valence-electron chi connectivity index (χ3n) is 7.80. The summed E-state index contributed by atoms with van der Waals surface area (Å²) in [6, 6.07) is 29.7. The monoisotopic (exact) mass is 704 g/mol. The summed E-state index contributed by atoms with van der Waals surface area (Å²) in [7, 11) is 0. The summed E-state index contributed by atoms with van der Waals surface area (Å²) in [6.45, 7) is 11.0. The van der Waals surface area contributed by atoms with E-state index in [1.807, 2.05) is 72.8 Å². The second-order valence-corrected chi connectivity index (χ2v) is 11.4. The van der Waals surface area contributed by atoms with Crippen LogP contribution in [0.15, 0.2) is 122 Å². The maximum absolute atomic E-state index is 12.9. The summed E-state index contributed by atoms with van der Waals surface area (Å²) in [5.41, 5.74) is 0.739. The van der Waals surface area contributed by atoms with Crippen molar-refractivity contribution < 1.29 is 38.0 Å². The van der Waals surface area contributed by atoms with Crippen LogP contribution in [0.1, 0.15) is 20.7 Å². The molecule has 270 valence electrons. The number of fused-ring (bicyclic) bond motifs is 2. The van der Waals surface area contributed by atoms with E-state index in [4.69, 9.17) is 28.4 Å². The lowest BCUT2D eigenvalue weighted by atomic mass is 10.1. The van der Waals surface area contributed by atoms with Crippen molar-refractivity contribution in [3.05, 3.63) is 133 Å². The summed E-state index contributed by atoms with van der Waals surface area (Å²) in [6.07, 6.45) is 3.40. The van der Waals surface area contributed by atoms with E-state index in [1.165, 1.54) is 0 Å². The zero-order valence-electron chi connectivity index (χ0n) is 29.1. The summed E-state index contributed by atoms with van der Waals surface area (Å²) in [4.78, 5) is 25.9. The highest BCUT2D eigenvalue weighted by atomic mass is 16.5. The molecule has 10 heteroatoms. The number of ether oxygens (including phenoxy) is 6. The molecule has 0 aliphatic heterocycles. The van der Waals surface area contributed by atoms with Crippen molar-refractivity contribution >= 4 is 33.4 Å². The molecule has 0 saturated heterocycles. The average molecular weight is 705 g/mol. The largest absolute Gasteiger partial charge is 0.491 e. The minimum absolute atomic E-state index is 0.252. The number of carbonyl (C=O) groups is 2. The Kier molecular flexibility index (Phi) is 14.5. The Morgan fingerprint density at radius 2 is 0.827 bits per heavy atom. The van der Waals surface area contributed by atoms with E-state index in [9.17, 15) is 9.59 Å². The number of hydrogen-bond donors (Lipinski definition) is 2. The van der Waals surface area contributed by atoms with Crippen molar-refractivity contribution in [3.8, 4) is 23.0 Å². The van der Waals surface area contributed by atoms with Gasteiger partial charge in [-0.1, -0.05) is 66.7 Å². The van der Waals surface area contributed by atoms with Crippen LogP contribution in [-0.4, -0.2) is 77.8 Å². The molecule has 2 amide bonds. The van der Waals surface area contributed by atoms with Crippen LogP contribution in [0.25, 0.3) is 21.5 Å². The van der Waals surface area contributed by atoms with Crippen molar-refractivity contribution in [1.29, 1.82) is 0 Å². The first-order valence-electron chi connectivity index (χ1n) is 17.2. The van der Waals surface area contributed by atoms with Gasteiger partial charge in [-0.2, -0.15) is 0 Å². The molecule has 5 aromatic carbocycles. The third-order valence-corrected chi connectivity index (χ3v) is 7.80. The van der Waals surface area contributed by atoms with Gasteiger partial charge in [0, 0.05) is 32.7 Å². The van der Waals surface area contributed by atoms with E-state index in [-0.39, 0.29) is 38.1 Å². The van der Waals surface area contributed by atoms with Crippen molar-refractivity contribution in [2.75, 3.05) is 65.9 Å². The van der Waals surface area contributed by atoms with Crippen LogP contribution in [0.4, 0.5) is 0 Å².